The molecule has 76 valence electrons. The average Bonchev–Trinajstić information content (AvgIpc) is 2.82. The summed E-state index contributed by atoms with van der Waals surface area (Å²) in [4.78, 5) is 2.65. The van der Waals surface area contributed by atoms with Gasteiger partial charge in [0.05, 0.1) is 0 Å². The summed E-state index contributed by atoms with van der Waals surface area (Å²) in [7, 11) is 2.09. The van der Waals surface area contributed by atoms with Crippen LogP contribution in [-0.4, -0.2) is 37.6 Å². The van der Waals surface area contributed by atoms with Crippen molar-refractivity contribution in [3.05, 3.63) is 0 Å². The predicted octanol–water partition coefficient (Wildman–Crippen LogP) is 1.33. The first-order valence-electron chi connectivity index (χ1n) is 5.69. The molecular weight excluding hydrogens is 160 g/mol. The molecule has 0 aromatic heterocycles. The van der Waals surface area contributed by atoms with Gasteiger partial charge in [0, 0.05) is 19.1 Å². The van der Waals surface area contributed by atoms with Crippen molar-refractivity contribution < 1.29 is 0 Å². The van der Waals surface area contributed by atoms with E-state index in [0.29, 0.717) is 0 Å². The van der Waals surface area contributed by atoms with Gasteiger partial charge in [0.2, 0.25) is 0 Å². The summed E-state index contributed by atoms with van der Waals surface area (Å²) in [5.41, 5.74) is 0. The molecule has 0 aromatic carbocycles. The van der Waals surface area contributed by atoms with E-state index >= 15 is 0 Å². The Morgan fingerprint density at radius 1 is 1.46 bits per heavy atom. The second-order valence-electron chi connectivity index (χ2n) is 4.86. The zero-order valence-corrected chi connectivity index (χ0v) is 8.92. The van der Waals surface area contributed by atoms with Gasteiger partial charge in [0.15, 0.2) is 0 Å². The van der Waals surface area contributed by atoms with Crippen molar-refractivity contribution in [1.82, 2.24) is 10.2 Å². The van der Waals surface area contributed by atoms with Gasteiger partial charge in [-0.2, -0.15) is 0 Å². The Kier molecular flexibility index (Phi) is 2.89. The van der Waals surface area contributed by atoms with Gasteiger partial charge in [0.25, 0.3) is 0 Å². The van der Waals surface area contributed by atoms with Crippen molar-refractivity contribution in [2.45, 2.75) is 32.2 Å². The molecular formula is C11H22N2. The molecule has 2 rings (SSSR count). The number of likely N-dealkylation sites (N-methyl/N-ethyl adjacent to an activating group) is 1. The van der Waals surface area contributed by atoms with Crippen molar-refractivity contribution in [2.24, 2.45) is 11.8 Å². The molecule has 2 heteroatoms. The van der Waals surface area contributed by atoms with Crippen LogP contribution in [0.4, 0.5) is 0 Å². The van der Waals surface area contributed by atoms with Crippen LogP contribution in [0, 0.1) is 11.8 Å². The Labute approximate surface area is 81.7 Å². The van der Waals surface area contributed by atoms with Gasteiger partial charge in [-0.25, -0.2) is 0 Å². The minimum absolute atomic E-state index is 0.753. The molecule has 2 nitrogen and oxygen atoms in total. The third-order valence-electron chi connectivity index (χ3n) is 3.68. The minimum atomic E-state index is 0.753. The zero-order chi connectivity index (χ0) is 9.26. The fraction of sp³-hybridized carbons (Fsp3) is 1.00. The highest BCUT2D eigenvalue weighted by Crippen LogP contribution is 2.38. The van der Waals surface area contributed by atoms with Gasteiger partial charge < -0.3 is 10.2 Å². The van der Waals surface area contributed by atoms with Gasteiger partial charge >= 0.3 is 0 Å². The fourth-order valence-electron chi connectivity index (χ4n) is 2.44. The van der Waals surface area contributed by atoms with Crippen LogP contribution in [0.15, 0.2) is 0 Å². The van der Waals surface area contributed by atoms with E-state index in [1.165, 1.54) is 38.9 Å². The topological polar surface area (TPSA) is 15.3 Å². The third kappa shape index (κ3) is 2.44. The molecule has 1 saturated carbocycles. The van der Waals surface area contributed by atoms with Crippen LogP contribution < -0.4 is 5.32 Å². The second-order valence-corrected chi connectivity index (χ2v) is 4.86. The predicted molar refractivity (Wildman–Crippen MR) is 55.8 cm³/mol. The normalized spacial score (nSPS) is 40.6. The highest BCUT2D eigenvalue weighted by atomic mass is 15.2. The van der Waals surface area contributed by atoms with Crippen molar-refractivity contribution in [3.63, 3.8) is 0 Å². The Morgan fingerprint density at radius 3 is 2.85 bits per heavy atom. The second kappa shape index (κ2) is 3.97. The van der Waals surface area contributed by atoms with E-state index in [9.17, 15) is 0 Å². The molecule has 3 atom stereocenters. The quantitative estimate of drug-likeness (QED) is 0.708. The van der Waals surface area contributed by atoms with Gasteiger partial charge in [-0.3, -0.25) is 0 Å². The molecule has 2 aliphatic rings. The molecule has 1 aliphatic carbocycles. The lowest BCUT2D eigenvalue weighted by molar-refractivity contribution is 0.186. The van der Waals surface area contributed by atoms with Gasteiger partial charge in [0.1, 0.15) is 0 Å². The third-order valence-corrected chi connectivity index (χ3v) is 3.68. The summed E-state index contributed by atoms with van der Waals surface area (Å²) in [6.07, 6.45) is 4.22. The Bertz CT molecular complexity index is 167. The van der Waals surface area contributed by atoms with Crippen LogP contribution in [0.25, 0.3) is 0 Å². The molecule has 13 heavy (non-hydrogen) atoms. The van der Waals surface area contributed by atoms with Crippen LogP contribution in [0.2, 0.25) is 0 Å². The van der Waals surface area contributed by atoms with Gasteiger partial charge in [-0.05, 0) is 44.7 Å². The van der Waals surface area contributed by atoms with E-state index in [-0.39, 0.29) is 0 Å². The molecule has 1 N–H and O–H groups in total. The lowest BCUT2D eigenvalue weighted by atomic mass is 10.1. The first kappa shape index (κ1) is 9.47. The Balaban J connectivity index is 1.72. The van der Waals surface area contributed by atoms with Crippen molar-refractivity contribution in [1.29, 1.82) is 0 Å². The number of nitrogens with one attached hydrogen (secondary N) is 1. The van der Waals surface area contributed by atoms with E-state index in [1.54, 1.807) is 0 Å². The smallest absolute Gasteiger partial charge is 0.0192 e. The molecule has 0 aromatic rings. The standard InChI is InChI=1S/C11H22N2/c1-9-6-10(9)7-13-5-3-4-11(8-13)12-2/h9-12H,3-8H2,1-2H3. The summed E-state index contributed by atoms with van der Waals surface area (Å²) in [5.74, 6) is 2.03. The fourth-order valence-corrected chi connectivity index (χ4v) is 2.44. The van der Waals surface area contributed by atoms with Crippen molar-refractivity contribution >= 4 is 0 Å². The number of piperidine rings is 1. The number of likely N-dealkylation sites (tertiary alicyclic amines) is 1. The van der Waals surface area contributed by atoms with E-state index in [2.05, 4.69) is 24.2 Å². The SMILES string of the molecule is CNC1CCCN(CC2CC2C)C1. The maximum atomic E-state index is 3.40. The molecule has 1 heterocycles. The monoisotopic (exact) mass is 182 g/mol. The Hall–Kier alpha value is -0.0800. The molecule has 2 fully saturated rings. The lowest BCUT2D eigenvalue weighted by Crippen LogP contribution is -2.45. The number of rotatable bonds is 3. The summed E-state index contributed by atoms with van der Waals surface area (Å²) < 4.78 is 0. The largest absolute Gasteiger partial charge is 0.316 e. The summed E-state index contributed by atoms with van der Waals surface area (Å²) in [6, 6.07) is 0.753. The minimum Gasteiger partial charge on any atom is -0.316 e. The summed E-state index contributed by atoms with van der Waals surface area (Å²) >= 11 is 0. The molecule has 0 bridgehead atoms. The lowest BCUT2D eigenvalue weighted by Gasteiger charge is -2.32. The van der Waals surface area contributed by atoms with E-state index in [4.69, 9.17) is 0 Å². The maximum absolute atomic E-state index is 3.40. The molecule has 1 saturated heterocycles. The molecule has 1 aliphatic heterocycles. The maximum Gasteiger partial charge on any atom is 0.0192 e. The summed E-state index contributed by atoms with van der Waals surface area (Å²) in [6.45, 7) is 6.35. The van der Waals surface area contributed by atoms with E-state index in [0.717, 1.165) is 17.9 Å². The van der Waals surface area contributed by atoms with Gasteiger partial charge in [-0.1, -0.05) is 6.92 Å². The Morgan fingerprint density at radius 2 is 2.23 bits per heavy atom. The van der Waals surface area contributed by atoms with Crippen LogP contribution in [0.5, 0.6) is 0 Å². The van der Waals surface area contributed by atoms with Gasteiger partial charge in [-0.15, -0.1) is 0 Å². The van der Waals surface area contributed by atoms with Crippen LogP contribution in [0.3, 0.4) is 0 Å². The molecule has 3 unspecified atom stereocenters. The van der Waals surface area contributed by atoms with E-state index < -0.39 is 0 Å². The first-order valence-corrected chi connectivity index (χ1v) is 5.69. The average molecular weight is 182 g/mol. The van der Waals surface area contributed by atoms with Crippen LogP contribution >= 0.6 is 0 Å². The summed E-state index contributed by atoms with van der Waals surface area (Å²) in [5, 5.41) is 3.40. The molecule has 0 spiro atoms. The molecule has 0 amide bonds. The molecule has 0 radical (unpaired) electrons. The number of hydrogen-bond donors (Lipinski definition) is 1. The zero-order valence-electron chi connectivity index (χ0n) is 8.92. The van der Waals surface area contributed by atoms with E-state index in [1.807, 2.05) is 0 Å². The van der Waals surface area contributed by atoms with Crippen LogP contribution in [0.1, 0.15) is 26.2 Å². The first-order chi connectivity index (χ1) is 6.29. The van der Waals surface area contributed by atoms with Crippen LogP contribution in [-0.2, 0) is 0 Å². The van der Waals surface area contributed by atoms with Crippen molar-refractivity contribution in [2.75, 3.05) is 26.7 Å². The number of hydrogen-bond acceptors (Lipinski definition) is 2. The highest BCUT2D eigenvalue weighted by Gasteiger charge is 2.34. The number of nitrogens with zero attached hydrogens (tertiary/aromatic N) is 1. The highest BCUT2D eigenvalue weighted by molar-refractivity contribution is 4.87. The van der Waals surface area contributed by atoms with Crippen molar-refractivity contribution in [3.8, 4) is 0 Å².